The van der Waals surface area contributed by atoms with Gasteiger partial charge in [-0.15, -0.1) is 0 Å². The van der Waals surface area contributed by atoms with Crippen molar-refractivity contribution in [1.82, 2.24) is 0 Å². The number of unbranched alkanes of at least 4 members (excludes halogenated alkanes) is 1. The Morgan fingerprint density at radius 1 is 0.926 bits per heavy atom. The molecule has 142 valence electrons. The number of carbonyl (C=O) groups is 1. The molecule has 0 aromatic heterocycles. The first kappa shape index (κ1) is 19.0. The van der Waals surface area contributed by atoms with E-state index in [4.69, 9.17) is 14.2 Å². The van der Waals surface area contributed by atoms with E-state index in [9.17, 15) is 4.79 Å². The van der Waals surface area contributed by atoms with Crippen LogP contribution in [0.5, 0.6) is 11.5 Å². The summed E-state index contributed by atoms with van der Waals surface area (Å²) in [5.41, 5.74) is 1.21. The second-order valence-electron chi connectivity index (χ2n) is 6.56. The number of benzene rings is 2. The summed E-state index contributed by atoms with van der Waals surface area (Å²) < 4.78 is 16.6. The zero-order valence-electron chi connectivity index (χ0n) is 15.5. The van der Waals surface area contributed by atoms with Gasteiger partial charge in [-0.25, -0.2) is 0 Å². The van der Waals surface area contributed by atoms with Crippen molar-refractivity contribution in [3.63, 3.8) is 0 Å². The van der Waals surface area contributed by atoms with Gasteiger partial charge >= 0.3 is 5.97 Å². The molecule has 0 radical (unpaired) electrons. The van der Waals surface area contributed by atoms with Crippen LogP contribution < -0.4 is 9.47 Å². The molecular weight excluding hydrogens is 340 g/mol. The minimum Gasteiger partial charge on any atom is -0.494 e. The van der Waals surface area contributed by atoms with Crippen LogP contribution in [0.15, 0.2) is 66.7 Å². The van der Waals surface area contributed by atoms with Crippen molar-refractivity contribution >= 4 is 5.97 Å². The monoisotopic (exact) mass is 366 g/mol. The van der Waals surface area contributed by atoms with Crippen molar-refractivity contribution in [1.29, 1.82) is 0 Å². The maximum Gasteiger partial charge on any atom is 0.306 e. The molecule has 3 rings (SSSR count). The van der Waals surface area contributed by atoms with Crippen LogP contribution in [0.2, 0.25) is 0 Å². The van der Waals surface area contributed by atoms with E-state index in [0.717, 1.165) is 37.2 Å². The molecule has 4 heteroatoms. The molecule has 1 heterocycles. The number of esters is 1. The Bertz CT molecular complexity index is 722. The quantitative estimate of drug-likeness (QED) is 0.346. The van der Waals surface area contributed by atoms with Crippen molar-refractivity contribution in [3.8, 4) is 11.5 Å². The lowest BCUT2D eigenvalue weighted by Crippen LogP contribution is -2.02. The summed E-state index contributed by atoms with van der Waals surface area (Å²) in [6, 6.07) is 18.0. The van der Waals surface area contributed by atoms with Gasteiger partial charge in [0.1, 0.15) is 17.6 Å². The molecule has 1 atom stereocenters. The van der Waals surface area contributed by atoms with E-state index in [0.29, 0.717) is 19.6 Å². The Kier molecular flexibility index (Phi) is 7.34. The molecule has 0 spiro atoms. The minimum atomic E-state index is -0.0993. The van der Waals surface area contributed by atoms with Crippen LogP contribution in [0.1, 0.15) is 31.2 Å². The Morgan fingerprint density at radius 3 is 2.22 bits per heavy atom. The zero-order chi connectivity index (χ0) is 18.7. The summed E-state index contributed by atoms with van der Waals surface area (Å²) in [7, 11) is 0. The maximum atomic E-state index is 11.1. The largest absolute Gasteiger partial charge is 0.494 e. The normalized spacial score (nSPS) is 16.4. The molecule has 0 saturated carbocycles. The second kappa shape index (κ2) is 10.4. The van der Waals surface area contributed by atoms with Gasteiger partial charge < -0.3 is 14.2 Å². The number of hydrogen-bond donors (Lipinski definition) is 0. The molecule has 0 unspecified atom stereocenters. The van der Waals surface area contributed by atoms with E-state index in [1.54, 1.807) is 0 Å². The van der Waals surface area contributed by atoms with Crippen LogP contribution >= 0.6 is 0 Å². The fourth-order valence-electron chi connectivity index (χ4n) is 2.86. The highest BCUT2D eigenvalue weighted by Crippen LogP contribution is 2.16. The highest BCUT2D eigenvalue weighted by Gasteiger charge is 2.20. The van der Waals surface area contributed by atoms with Crippen molar-refractivity contribution in [2.24, 2.45) is 0 Å². The number of carbonyl (C=O) groups excluding carboxylic acids is 1. The predicted molar refractivity (Wildman–Crippen MR) is 105 cm³/mol. The molecule has 2 aromatic carbocycles. The topological polar surface area (TPSA) is 44.8 Å². The van der Waals surface area contributed by atoms with Gasteiger partial charge in [0.15, 0.2) is 0 Å². The van der Waals surface area contributed by atoms with Gasteiger partial charge in [0.25, 0.3) is 0 Å². The summed E-state index contributed by atoms with van der Waals surface area (Å²) in [4.78, 5) is 11.1. The van der Waals surface area contributed by atoms with Crippen LogP contribution in [-0.2, 0) is 16.0 Å². The Labute approximate surface area is 160 Å². The van der Waals surface area contributed by atoms with E-state index in [1.807, 2.05) is 48.5 Å². The molecule has 0 N–H and O–H groups in total. The van der Waals surface area contributed by atoms with Crippen LogP contribution in [0.3, 0.4) is 0 Å². The standard InChI is InChI=1S/C23H26O4/c24-23-16-15-22(27-23)10-6-7-19-11-13-21(14-12-19)26-18-5-4-17-25-20-8-2-1-3-9-20/h1-3,6,8-14,22H,4-5,7,15-18H2/t22-/m0/s1. The van der Waals surface area contributed by atoms with E-state index >= 15 is 0 Å². The van der Waals surface area contributed by atoms with E-state index < -0.39 is 0 Å². The molecule has 0 amide bonds. The smallest absolute Gasteiger partial charge is 0.306 e. The van der Waals surface area contributed by atoms with Gasteiger partial charge in [0, 0.05) is 6.42 Å². The van der Waals surface area contributed by atoms with Crippen molar-refractivity contribution < 1.29 is 19.0 Å². The highest BCUT2D eigenvalue weighted by atomic mass is 16.5. The molecule has 1 aliphatic heterocycles. The Hall–Kier alpha value is -2.75. The Morgan fingerprint density at radius 2 is 1.59 bits per heavy atom. The van der Waals surface area contributed by atoms with Gasteiger partial charge in [-0.2, -0.15) is 0 Å². The fraction of sp³-hybridized carbons (Fsp3) is 0.348. The number of ether oxygens (including phenoxy) is 3. The van der Waals surface area contributed by atoms with Gasteiger partial charge in [-0.05, 0) is 61.6 Å². The highest BCUT2D eigenvalue weighted by molar-refractivity contribution is 5.71. The van der Waals surface area contributed by atoms with Crippen molar-refractivity contribution in [2.45, 2.75) is 38.2 Å². The van der Waals surface area contributed by atoms with E-state index in [1.165, 1.54) is 5.56 Å². The lowest BCUT2D eigenvalue weighted by atomic mass is 10.1. The van der Waals surface area contributed by atoms with Crippen molar-refractivity contribution in [3.05, 3.63) is 72.3 Å². The van der Waals surface area contributed by atoms with Crippen molar-refractivity contribution in [2.75, 3.05) is 13.2 Å². The van der Waals surface area contributed by atoms with Gasteiger partial charge in [0.2, 0.25) is 0 Å². The summed E-state index contributed by atoms with van der Waals surface area (Å²) in [5.74, 6) is 1.70. The first-order valence-corrected chi connectivity index (χ1v) is 9.55. The predicted octanol–water partition coefficient (Wildman–Crippen LogP) is 4.73. The van der Waals surface area contributed by atoms with E-state index in [2.05, 4.69) is 18.2 Å². The summed E-state index contributed by atoms with van der Waals surface area (Å²) >= 11 is 0. The van der Waals surface area contributed by atoms with E-state index in [-0.39, 0.29) is 12.1 Å². The first-order valence-electron chi connectivity index (χ1n) is 9.55. The van der Waals surface area contributed by atoms with Crippen LogP contribution in [0.4, 0.5) is 0 Å². The number of allylic oxidation sites excluding steroid dienone is 1. The number of hydrogen-bond acceptors (Lipinski definition) is 4. The molecule has 0 bridgehead atoms. The molecule has 27 heavy (non-hydrogen) atoms. The SMILES string of the molecule is O=C1CC[C@H](C=CCc2ccc(OCCCCOc3ccccc3)cc2)O1. The van der Waals surface area contributed by atoms with Crippen LogP contribution in [-0.4, -0.2) is 25.3 Å². The lowest BCUT2D eigenvalue weighted by molar-refractivity contribution is -0.139. The third kappa shape index (κ3) is 6.81. The third-order valence-electron chi connectivity index (χ3n) is 4.36. The van der Waals surface area contributed by atoms with Gasteiger partial charge in [-0.1, -0.05) is 36.4 Å². The first-order chi connectivity index (χ1) is 13.3. The number of cyclic esters (lactones) is 1. The lowest BCUT2D eigenvalue weighted by Gasteiger charge is -2.08. The average Bonchev–Trinajstić information content (AvgIpc) is 3.11. The summed E-state index contributed by atoms with van der Waals surface area (Å²) in [5, 5.41) is 0. The Balaban J connectivity index is 1.28. The molecule has 0 aliphatic carbocycles. The van der Waals surface area contributed by atoms with Crippen LogP contribution in [0.25, 0.3) is 0 Å². The fourth-order valence-corrected chi connectivity index (χ4v) is 2.86. The average molecular weight is 366 g/mol. The summed E-state index contributed by atoms with van der Waals surface area (Å²) in [6.07, 6.45) is 8.05. The summed E-state index contributed by atoms with van der Waals surface area (Å²) in [6.45, 7) is 1.39. The maximum absolute atomic E-state index is 11.1. The second-order valence-corrected chi connectivity index (χ2v) is 6.56. The molecule has 4 nitrogen and oxygen atoms in total. The molecular formula is C23H26O4. The minimum absolute atomic E-state index is 0.0500. The van der Waals surface area contributed by atoms with Gasteiger partial charge in [-0.3, -0.25) is 4.79 Å². The molecule has 1 saturated heterocycles. The van der Waals surface area contributed by atoms with Gasteiger partial charge in [0.05, 0.1) is 13.2 Å². The number of para-hydroxylation sites is 1. The number of rotatable bonds is 10. The molecule has 1 aliphatic rings. The molecule has 1 fully saturated rings. The zero-order valence-corrected chi connectivity index (χ0v) is 15.5. The van der Waals surface area contributed by atoms with Crippen LogP contribution in [0, 0.1) is 0 Å². The third-order valence-corrected chi connectivity index (χ3v) is 4.36. The molecule has 2 aromatic rings.